The van der Waals surface area contributed by atoms with Crippen LogP contribution in [-0.4, -0.2) is 122 Å². The Morgan fingerprint density at radius 1 is 0.786 bits per heavy atom. The number of fused-ring (bicyclic) bond motifs is 1. The van der Waals surface area contributed by atoms with Gasteiger partial charge in [0.05, 0.1) is 17.7 Å². The third-order valence-electron chi connectivity index (χ3n) is 12.7. The average molecular weight is 775 g/mol. The van der Waals surface area contributed by atoms with Gasteiger partial charge in [-0.05, 0) is 73.9 Å². The second-order valence-corrected chi connectivity index (χ2v) is 16.6. The SMILES string of the molecule is [C-]#[N+]c1ccc(N2CCC3(CCN(C(=O)c4ccc(N5CCN(CC6CN(c7ccc8c(c7)C(=O)N(C7CCC(=O)NC7=O)C8=O)C6)CC5)cc4)C3)C2)cc1Cl. The molecule has 6 aliphatic heterocycles. The van der Waals surface area contributed by atoms with E-state index < -0.39 is 29.7 Å². The van der Waals surface area contributed by atoms with Crippen LogP contribution >= 0.6 is 11.6 Å². The van der Waals surface area contributed by atoms with Crippen molar-refractivity contribution in [3.63, 3.8) is 0 Å². The van der Waals surface area contributed by atoms with E-state index in [1.165, 1.54) is 0 Å². The van der Waals surface area contributed by atoms with E-state index in [0.717, 1.165) is 112 Å². The predicted molar refractivity (Wildman–Crippen MR) is 211 cm³/mol. The normalized spacial score (nSPS) is 24.2. The summed E-state index contributed by atoms with van der Waals surface area (Å²) in [5.41, 5.74) is 4.92. The molecular formula is C42H43ClN8O5. The molecular weight excluding hydrogens is 732 g/mol. The number of amides is 5. The molecule has 6 heterocycles. The number of carbonyl (C=O) groups excluding carboxylic acids is 5. The van der Waals surface area contributed by atoms with Gasteiger partial charge in [0, 0.05) is 117 Å². The van der Waals surface area contributed by atoms with E-state index >= 15 is 0 Å². The molecule has 5 fully saturated rings. The molecule has 1 N–H and O–H groups in total. The first-order valence-electron chi connectivity index (χ1n) is 19.5. The Balaban J connectivity index is 0.729. The number of halogens is 1. The molecule has 5 amide bonds. The minimum Gasteiger partial charge on any atom is -0.371 e. The van der Waals surface area contributed by atoms with Gasteiger partial charge in [-0.15, -0.1) is 0 Å². The molecule has 0 saturated carbocycles. The quantitative estimate of drug-likeness (QED) is 0.277. The lowest BCUT2D eigenvalue weighted by atomic mass is 9.86. The monoisotopic (exact) mass is 774 g/mol. The van der Waals surface area contributed by atoms with E-state index in [1.807, 2.05) is 35.2 Å². The highest BCUT2D eigenvalue weighted by molar-refractivity contribution is 6.33. The minimum absolute atomic E-state index is 0.0745. The van der Waals surface area contributed by atoms with Crippen molar-refractivity contribution in [2.45, 2.75) is 31.7 Å². The Kier molecular flexibility index (Phi) is 9.21. The zero-order chi connectivity index (χ0) is 38.7. The van der Waals surface area contributed by atoms with Gasteiger partial charge in [0.25, 0.3) is 17.7 Å². The van der Waals surface area contributed by atoms with E-state index in [9.17, 15) is 24.0 Å². The number of piperidine rings is 1. The molecule has 3 aromatic rings. The summed E-state index contributed by atoms with van der Waals surface area (Å²) in [7, 11) is 0. The fourth-order valence-electron chi connectivity index (χ4n) is 9.48. The van der Waals surface area contributed by atoms with Crippen molar-refractivity contribution in [1.29, 1.82) is 0 Å². The molecule has 2 unspecified atom stereocenters. The smallest absolute Gasteiger partial charge is 0.262 e. The van der Waals surface area contributed by atoms with Crippen LogP contribution in [0.2, 0.25) is 5.02 Å². The number of benzene rings is 3. The molecule has 0 aromatic heterocycles. The predicted octanol–water partition coefficient (Wildman–Crippen LogP) is 4.29. The van der Waals surface area contributed by atoms with Crippen molar-refractivity contribution in [3.05, 3.63) is 93.8 Å². The summed E-state index contributed by atoms with van der Waals surface area (Å²) in [5.74, 6) is -1.39. The Morgan fingerprint density at radius 3 is 2.21 bits per heavy atom. The first-order chi connectivity index (χ1) is 27.1. The largest absolute Gasteiger partial charge is 0.371 e. The Bertz CT molecular complexity index is 2180. The molecule has 13 nitrogen and oxygen atoms in total. The zero-order valence-electron chi connectivity index (χ0n) is 31.1. The second-order valence-electron chi connectivity index (χ2n) is 16.2. The Labute approximate surface area is 330 Å². The molecule has 0 aliphatic carbocycles. The van der Waals surface area contributed by atoms with Gasteiger partial charge in [0.15, 0.2) is 0 Å². The maximum Gasteiger partial charge on any atom is 0.262 e. The third-order valence-corrected chi connectivity index (χ3v) is 13.0. The molecule has 1 spiro atoms. The number of nitrogens with zero attached hydrogens (tertiary/aromatic N) is 7. The maximum atomic E-state index is 13.6. The number of nitrogens with one attached hydrogen (secondary N) is 1. The number of anilines is 3. The molecule has 5 saturated heterocycles. The van der Waals surface area contributed by atoms with Crippen molar-refractivity contribution in [3.8, 4) is 0 Å². The van der Waals surface area contributed by atoms with Gasteiger partial charge in [-0.25, -0.2) is 4.85 Å². The van der Waals surface area contributed by atoms with Crippen LogP contribution in [0.3, 0.4) is 0 Å². The van der Waals surface area contributed by atoms with E-state index in [2.05, 4.69) is 41.9 Å². The fraction of sp³-hybridized carbons (Fsp3) is 0.429. The van der Waals surface area contributed by atoms with Crippen LogP contribution in [0.4, 0.5) is 22.7 Å². The van der Waals surface area contributed by atoms with Crippen LogP contribution in [0.25, 0.3) is 4.85 Å². The van der Waals surface area contributed by atoms with Crippen LogP contribution in [0.15, 0.2) is 60.7 Å². The molecule has 0 radical (unpaired) electrons. The summed E-state index contributed by atoms with van der Waals surface area (Å²) in [6.45, 7) is 17.0. The first-order valence-corrected chi connectivity index (χ1v) is 19.8. The van der Waals surface area contributed by atoms with Crippen molar-refractivity contribution in [2.75, 3.05) is 86.7 Å². The van der Waals surface area contributed by atoms with Gasteiger partial charge in [-0.1, -0.05) is 17.7 Å². The molecule has 9 rings (SSSR count). The van der Waals surface area contributed by atoms with Crippen molar-refractivity contribution < 1.29 is 24.0 Å². The topological polar surface area (TPSA) is 121 Å². The van der Waals surface area contributed by atoms with E-state index in [0.29, 0.717) is 27.8 Å². The molecule has 6 aliphatic rings. The lowest BCUT2D eigenvalue weighted by Crippen LogP contribution is -2.55. The summed E-state index contributed by atoms with van der Waals surface area (Å²) in [6, 6.07) is 18.1. The number of hydrogen-bond donors (Lipinski definition) is 1. The number of rotatable bonds is 7. The molecule has 56 heavy (non-hydrogen) atoms. The lowest BCUT2D eigenvalue weighted by Gasteiger charge is -2.45. The highest BCUT2D eigenvalue weighted by atomic mass is 35.5. The first kappa shape index (κ1) is 36.2. The van der Waals surface area contributed by atoms with Gasteiger partial charge in [0.2, 0.25) is 17.5 Å². The van der Waals surface area contributed by atoms with Gasteiger partial charge in [0.1, 0.15) is 6.04 Å². The standard InChI is InChI=1S/C42H43ClN8O5/c1-44-35-9-7-31(21-34(35)43)48-14-12-42(25-48)13-15-49(26-42)39(54)28-2-4-29(5-3-28)47-18-16-46(17-19-47)22-27-23-50(24-27)30-6-8-32-33(20-30)41(56)51(40(32)55)36-10-11-37(52)45-38(36)53/h2-9,20-21,27,36H,10-19,22-26H2,(H,45,52,53). The van der Waals surface area contributed by atoms with E-state index in [4.69, 9.17) is 18.2 Å². The van der Waals surface area contributed by atoms with E-state index in [1.54, 1.807) is 18.2 Å². The second kappa shape index (κ2) is 14.2. The average Bonchev–Trinajstić information content (AvgIpc) is 3.88. The maximum absolute atomic E-state index is 13.6. The van der Waals surface area contributed by atoms with Crippen LogP contribution in [0.5, 0.6) is 0 Å². The molecule has 3 aromatic carbocycles. The van der Waals surface area contributed by atoms with Gasteiger partial charge in [-0.2, -0.15) is 0 Å². The number of likely N-dealkylation sites (tertiary alicyclic amines) is 1. The van der Waals surface area contributed by atoms with Crippen LogP contribution in [0.1, 0.15) is 56.8 Å². The number of piperazine rings is 1. The number of hydrogen-bond acceptors (Lipinski definition) is 9. The Morgan fingerprint density at radius 2 is 1.48 bits per heavy atom. The zero-order valence-corrected chi connectivity index (χ0v) is 31.8. The summed E-state index contributed by atoms with van der Waals surface area (Å²) < 4.78 is 0. The third kappa shape index (κ3) is 6.54. The molecule has 0 bridgehead atoms. The highest BCUT2D eigenvalue weighted by Gasteiger charge is 2.46. The molecule has 14 heteroatoms. The van der Waals surface area contributed by atoms with Gasteiger partial charge < -0.3 is 19.6 Å². The Hall–Kier alpha value is -5.45. The molecule has 2 atom stereocenters. The fourth-order valence-corrected chi connectivity index (χ4v) is 9.70. The van der Waals surface area contributed by atoms with Crippen molar-refractivity contribution in [2.24, 2.45) is 11.3 Å². The molecule has 288 valence electrons. The van der Waals surface area contributed by atoms with Crippen molar-refractivity contribution >= 4 is 63.9 Å². The number of carbonyl (C=O) groups is 5. The van der Waals surface area contributed by atoms with Gasteiger partial charge >= 0.3 is 0 Å². The minimum atomic E-state index is -0.968. The van der Waals surface area contributed by atoms with Gasteiger partial charge in [-0.3, -0.25) is 39.1 Å². The highest BCUT2D eigenvalue weighted by Crippen LogP contribution is 2.43. The lowest BCUT2D eigenvalue weighted by molar-refractivity contribution is -0.136. The summed E-state index contributed by atoms with van der Waals surface area (Å²) in [4.78, 5) is 79.9. The van der Waals surface area contributed by atoms with Crippen molar-refractivity contribution in [1.82, 2.24) is 20.0 Å². The van der Waals surface area contributed by atoms with E-state index in [-0.39, 0.29) is 24.2 Å². The van der Waals surface area contributed by atoms with Crippen LogP contribution < -0.4 is 20.0 Å². The van der Waals surface area contributed by atoms with Crippen LogP contribution in [0, 0.1) is 17.9 Å². The summed E-state index contributed by atoms with van der Waals surface area (Å²) >= 11 is 6.32. The number of imide groups is 2. The summed E-state index contributed by atoms with van der Waals surface area (Å²) in [5, 5.41) is 2.72. The van der Waals surface area contributed by atoms with Crippen LogP contribution in [-0.2, 0) is 9.59 Å². The summed E-state index contributed by atoms with van der Waals surface area (Å²) in [6.07, 6.45) is 2.24.